The standard InChI is InChI=1S/C21H20N2O2/c1-21(2,3)14-8-9-15(19(10-14)25-4)17-11-18(24)20-13(12-22)6-5-7-16(20)23-17/h5-11H,1-4H3,(H,23,24). The van der Waals surface area contributed by atoms with Gasteiger partial charge in [0.05, 0.1) is 35.3 Å². The summed E-state index contributed by atoms with van der Waals surface area (Å²) in [6.07, 6.45) is 0. The number of H-pyrrole nitrogens is 1. The molecular weight excluding hydrogens is 312 g/mol. The fourth-order valence-electron chi connectivity index (χ4n) is 2.92. The van der Waals surface area contributed by atoms with Crippen molar-refractivity contribution in [2.24, 2.45) is 0 Å². The summed E-state index contributed by atoms with van der Waals surface area (Å²) in [5.41, 5.74) is 3.49. The molecule has 126 valence electrons. The van der Waals surface area contributed by atoms with E-state index in [1.807, 2.05) is 18.2 Å². The number of rotatable bonds is 2. The third-order valence-electron chi connectivity index (χ3n) is 4.33. The Morgan fingerprint density at radius 3 is 2.52 bits per heavy atom. The van der Waals surface area contributed by atoms with Gasteiger partial charge in [0.15, 0.2) is 5.43 Å². The molecule has 2 aromatic carbocycles. The molecule has 0 saturated heterocycles. The van der Waals surface area contributed by atoms with E-state index in [1.54, 1.807) is 25.3 Å². The van der Waals surface area contributed by atoms with Crippen LogP contribution >= 0.6 is 0 Å². The lowest BCUT2D eigenvalue weighted by atomic mass is 9.86. The molecule has 1 aromatic heterocycles. The third kappa shape index (κ3) is 3.01. The highest BCUT2D eigenvalue weighted by molar-refractivity contribution is 5.87. The van der Waals surface area contributed by atoms with Crippen molar-refractivity contribution in [3.05, 3.63) is 63.8 Å². The average molecular weight is 332 g/mol. The van der Waals surface area contributed by atoms with Crippen molar-refractivity contribution in [2.75, 3.05) is 7.11 Å². The second-order valence-electron chi connectivity index (χ2n) is 7.05. The second-order valence-corrected chi connectivity index (χ2v) is 7.05. The van der Waals surface area contributed by atoms with Gasteiger partial charge in [0.2, 0.25) is 0 Å². The van der Waals surface area contributed by atoms with E-state index in [2.05, 4.69) is 31.8 Å². The molecular formula is C21H20N2O2. The lowest BCUT2D eigenvalue weighted by Crippen LogP contribution is -2.11. The molecule has 0 aliphatic carbocycles. The molecule has 3 aromatic rings. The zero-order valence-corrected chi connectivity index (χ0v) is 14.8. The van der Waals surface area contributed by atoms with Gasteiger partial charge in [-0.2, -0.15) is 5.26 Å². The first-order valence-corrected chi connectivity index (χ1v) is 8.10. The molecule has 1 heterocycles. The van der Waals surface area contributed by atoms with Crippen molar-refractivity contribution in [1.29, 1.82) is 5.26 Å². The highest BCUT2D eigenvalue weighted by Gasteiger charge is 2.17. The molecule has 0 unspecified atom stereocenters. The number of hydrogen-bond acceptors (Lipinski definition) is 3. The van der Waals surface area contributed by atoms with Crippen LogP contribution < -0.4 is 10.2 Å². The van der Waals surface area contributed by atoms with Gasteiger partial charge in [-0.25, -0.2) is 0 Å². The van der Waals surface area contributed by atoms with Crippen LogP contribution in [0.15, 0.2) is 47.3 Å². The van der Waals surface area contributed by atoms with E-state index < -0.39 is 0 Å². The van der Waals surface area contributed by atoms with Gasteiger partial charge >= 0.3 is 0 Å². The fourth-order valence-corrected chi connectivity index (χ4v) is 2.92. The predicted octanol–water partition coefficient (Wildman–Crippen LogP) is 4.37. The molecule has 0 radical (unpaired) electrons. The van der Waals surface area contributed by atoms with Crippen LogP contribution in [0, 0.1) is 11.3 Å². The van der Waals surface area contributed by atoms with Gasteiger partial charge in [-0.1, -0.05) is 32.9 Å². The Kier molecular flexibility index (Phi) is 4.10. The van der Waals surface area contributed by atoms with E-state index in [1.165, 1.54) is 6.07 Å². The van der Waals surface area contributed by atoms with Crippen molar-refractivity contribution in [1.82, 2.24) is 4.98 Å². The highest BCUT2D eigenvalue weighted by Crippen LogP contribution is 2.34. The van der Waals surface area contributed by atoms with Crippen LogP contribution in [0.25, 0.3) is 22.2 Å². The van der Waals surface area contributed by atoms with Gasteiger partial charge in [-0.15, -0.1) is 0 Å². The van der Waals surface area contributed by atoms with Crippen LogP contribution in [-0.2, 0) is 5.41 Å². The maximum atomic E-state index is 12.6. The van der Waals surface area contributed by atoms with E-state index in [-0.39, 0.29) is 10.8 Å². The van der Waals surface area contributed by atoms with Crippen LogP contribution in [0.3, 0.4) is 0 Å². The molecule has 1 N–H and O–H groups in total. The summed E-state index contributed by atoms with van der Waals surface area (Å²) in [4.78, 5) is 15.8. The molecule has 0 aliphatic rings. The monoisotopic (exact) mass is 332 g/mol. The quantitative estimate of drug-likeness (QED) is 0.757. The summed E-state index contributed by atoms with van der Waals surface area (Å²) in [7, 11) is 1.62. The average Bonchev–Trinajstić information content (AvgIpc) is 2.59. The lowest BCUT2D eigenvalue weighted by Gasteiger charge is -2.21. The number of ether oxygens (including phenoxy) is 1. The number of nitrogens with one attached hydrogen (secondary N) is 1. The minimum atomic E-state index is -0.178. The number of aromatic nitrogens is 1. The van der Waals surface area contributed by atoms with Crippen molar-refractivity contribution in [2.45, 2.75) is 26.2 Å². The molecule has 0 fully saturated rings. The Labute approximate surface area is 146 Å². The number of benzene rings is 2. The first-order chi connectivity index (χ1) is 11.8. The molecule has 0 saturated carbocycles. The molecule has 0 spiro atoms. The molecule has 0 bridgehead atoms. The van der Waals surface area contributed by atoms with Crippen LogP contribution in [0.5, 0.6) is 5.75 Å². The maximum absolute atomic E-state index is 12.6. The number of nitrogens with zero attached hydrogens (tertiary/aromatic N) is 1. The van der Waals surface area contributed by atoms with Crippen LogP contribution in [0.2, 0.25) is 0 Å². The van der Waals surface area contributed by atoms with E-state index in [4.69, 9.17) is 4.74 Å². The van der Waals surface area contributed by atoms with Gasteiger partial charge < -0.3 is 9.72 Å². The van der Waals surface area contributed by atoms with Crippen molar-refractivity contribution >= 4 is 10.9 Å². The van der Waals surface area contributed by atoms with E-state index >= 15 is 0 Å². The number of methoxy groups -OCH3 is 1. The van der Waals surface area contributed by atoms with Crippen molar-refractivity contribution in [3.63, 3.8) is 0 Å². The van der Waals surface area contributed by atoms with Crippen LogP contribution in [0.1, 0.15) is 31.9 Å². The smallest absolute Gasteiger partial charge is 0.191 e. The fraction of sp³-hybridized carbons (Fsp3) is 0.238. The second kappa shape index (κ2) is 6.10. The molecule has 0 aliphatic heterocycles. The summed E-state index contributed by atoms with van der Waals surface area (Å²) in [5, 5.41) is 9.63. The minimum Gasteiger partial charge on any atom is -0.496 e. The Hall–Kier alpha value is -3.06. The maximum Gasteiger partial charge on any atom is 0.191 e. The van der Waals surface area contributed by atoms with Gasteiger partial charge in [0.1, 0.15) is 5.75 Å². The Morgan fingerprint density at radius 2 is 1.88 bits per heavy atom. The molecule has 4 nitrogen and oxygen atoms in total. The Morgan fingerprint density at radius 1 is 1.12 bits per heavy atom. The molecule has 0 atom stereocenters. The number of nitriles is 1. The first-order valence-electron chi connectivity index (χ1n) is 8.10. The normalized spacial score (nSPS) is 11.3. The van der Waals surface area contributed by atoms with Gasteiger partial charge in [-0.3, -0.25) is 4.79 Å². The SMILES string of the molecule is COc1cc(C(C)(C)C)ccc1-c1cc(=O)c2c(C#N)cccc2[nH]1. The number of aromatic amines is 1. The summed E-state index contributed by atoms with van der Waals surface area (Å²) in [6, 6.07) is 14.8. The first kappa shape index (κ1) is 16.8. The zero-order valence-electron chi connectivity index (χ0n) is 14.8. The Bertz CT molecular complexity index is 1050. The third-order valence-corrected chi connectivity index (χ3v) is 4.33. The van der Waals surface area contributed by atoms with Crippen LogP contribution in [0.4, 0.5) is 0 Å². The molecule has 3 rings (SSSR count). The van der Waals surface area contributed by atoms with Crippen molar-refractivity contribution < 1.29 is 4.74 Å². The van der Waals surface area contributed by atoms with Crippen molar-refractivity contribution in [3.8, 4) is 23.1 Å². The zero-order chi connectivity index (χ0) is 18.2. The van der Waals surface area contributed by atoms with Gasteiger partial charge in [0, 0.05) is 11.6 Å². The minimum absolute atomic E-state index is 0.00427. The molecule has 0 amide bonds. The molecule has 4 heteroatoms. The highest BCUT2D eigenvalue weighted by atomic mass is 16.5. The summed E-state index contributed by atoms with van der Waals surface area (Å²) in [6.45, 7) is 6.42. The summed E-state index contributed by atoms with van der Waals surface area (Å²) >= 11 is 0. The number of hydrogen-bond donors (Lipinski definition) is 1. The van der Waals surface area contributed by atoms with Crippen LogP contribution in [-0.4, -0.2) is 12.1 Å². The van der Waals surface area contributed by atoms with Gasteiger partial charge in [-0.05, 0) is 35.2 Å². The topological polar surface area (TPSA) is 65.9 Å². The summed E-state index contributed by atoms with van der Waals surface area (Å²) in [5.74, 6) is 0.707. The van der Waals surface area contributed by atoms with E-state index in [9.17, 15) is 10.1 Å². The number of pyridine rings is 1. The van der Waals surface area contributed by atoms with E-state index in [0.29, 0.717) is 27.9 Å². The van der Waals surface area contributed by atoms with E-state index in [0.717, 1.165) is 11.1 Å². The molecule has 25 heavy (non-hydrogen) atoms. The summed E-state index contributed by atoms with van der Waals surface area (Å²) < 4.78 is 5.56. The predicted molar refractivity (Wildman–Crippen MR) is 100.0 cm³/mol. The lowest BCUT2D eigenvalue weighted by molar-refractivity contribution is 0.414. The van der Waals surface area contributed by atoms with Gasteiger partial charge in [0.25, 0.3) is 0 Å². The number of fused-ring (bicyclic) bond motifs is 1. The Balaban J connectivity index is 2.24. The largest absolute Gasteiger partial charge is 0.496 e.